The Labute approximate surface area is 203 Å². The minimum atomic E-state index is -3.65. The topological polar surface area (TPSA) is 70.2 Å². The number of piperidine rings is 1. The highest BCUT2D eigenvalue weighted by Crippen LogP contribution is 2.31. The second-order valence-corrected chi connectivity index (χ2v) is 11.3. The van der Waals surface area contributed by atoms with Gasteiger partial charge in [0, 0.05) is 39.3 Å². The molecule has 0 aromatic heterocycles. The predicted octanol–water partition coefficient (Wildman–Crippen LogP) is 3.37. The van der Waals surface area contributed by atoms with Gasteiger partial charge in [0.25, 0.3) is 0 Å². The molecule has 2 saturated heterocycles. The fraction of sp³-hybridized carbons (Fsp3) is 0.500. The highest BCUT2D eigenvalue weighted by atomic mass is 32.2. The standard InChI is InChI=1S/C26H35N3O4S/c1-19-16-20(2)25(21(3)17-19)34(31,32)29-11-7-8-22(18-29)26(30)28-14-12-27(13-15-28)23-9-5-6-10-24(23)33-4/h5-6,9-10,16-17,22H,7-8,11-15,18H2,1-4H3/t22-/m1/s1. The summed E-state index contributed by atoms with van der Waals surface area (Å²) in [5.41, 5.74) is 3.61. The second-order valence-electron chi connectivity index (χ2n) is 9.41. The Morgan fingerprint density at radius 3 is 2.26 bits per heavy atom. The van der Waals surface area contributed by atoms with Crippen molar-refractivity contribution in [2.75, 3.05) is 51.3 Å². The first-order valence-corrected chi connectivity index (χ1v) is 13.4. The minimum absolute atomic E-state index is 0.0666. The molecule has 0 spiro atoms. The van der Waals surface area contributed by atoms with Crippen molar-refractivity contribution in [3.8, 4) is 5.75 Å². The van der Waals surface area contributed by atoms with Crippen LogP contribution in [0.1, 0.15) is 29.5 Å². The van der Waals surface area contributed by atoms with Crippen molar-refractivity contribution in [3.63, 3.8) is 0 Å². The molecule has 0 unspecified atom stereocenters. The molecule has 0 aliphatic carbocycles. The van der Waals surface area contributed by atoms with Gasteiger partial charge >= 0.3 is 0 Å². The van der Waals surface area contributed by atoms with E-state index < -0.39 is 10.0 Å². The van der Waals surface area contributed by atoms with E-state index in [4.69, 9.17) is 4.74 Å². The zero-order valence-electron chi connectivity index (χ0n) is 20.6. The van der Waals surface area contributed by atoms with Gasteiger partial charge in [-0.05, 0) is 56.9 Å². The van der Waals surface area contributed by atoms with Gasteiger partial charge in [0.15, 0.2) is 0 Å². The van der Waals surface area contributed by atoms with Crippen molar-refractivity contribution >= 4 is 21.6 Å². The molecule has 8 heteroatoms. The van der Waals surface area contributed by atoms with Gasteiger partial charge in [-0.1, -0.05) is 29.8 Å². The molecule has 2 aromatic carbocycles. The van der Waals surface area contributed by atoms with E-state index in [9.17, 15) is 13.2 Å². The fourth-order valence-electron chi connectivity index (χ4n) is 5.38. The van der Waals surface area contributed by atoms with Crippen LogP contribution in [0.15, 0.2) is 41.3 Å². The molecule has 0 bridgehead atoms. The van der Waals surface area contributed by atoms with Gasteiger partial charge in [-0.15, -0.1) is 0 Å². The van der Waals surface area contributed by atoms with Crippen LogP contribution in [-0.4, -0.2) is 69.9 Å². The molecule has 1 amide bonds. The maximum atomic E-state index is 13.5. The number of aryl methyl sites for hydroxylation is 3. The number of ether oxygens (including phenoxy) is 1. The van der Waals surface area contributed by atoms with Crippen molar-refractivity contribution in [2.45, 2.75) is 38.5 Å². The number of para-hydroxylation sites is 2. The van der Waals surface area contributed by atoms with E-state index in [2.05, 4.69) is 4.90 Å². The third kappa shape index (κ3) is 4.79. The summed E-state index contributed by atoms with van der Waals surface area (Å²) < 4.78 is 34.1. The lowest BCUT2D eigenvalue weighted by Crippen LogP contribution is -2.53. The molecular weight excluding hydrogens is 450 g/mol. The number of anilines is 1. The Morgan fingerprint density at radius 2 is 1.62 bits per heavy atom. The van der Waals surface area contributed by atoms with Gasteiger partial charge in [0.2, 0.25) is 15.9 Å². The zero-order valence-corrected chi connectivity index (χ0v) is 21.4. The van der Waals surface area contributed by atoms with Crippen LogP contribution in [0.25, 0.3) is 0 Å². The molecule has 2 aliphatic heterocycles. The molecule has 0 radical (unpaired) electrons. The Hall–Kier alpha value is -2.58. The number of benzene rings is 2. The summed E-state index contributed by atoms with van der Waals surface area (Å²) in [6, 6.07) is 11.7. The molecule has 4 rings (SSSR count). The molecular formula is C26H35N3O4S. The Balaban J connectivity index is 1.43. The average Bonchev–Trinajstić information content (AvgIpc) is 2.83. The number of hydrogen-bond acceptors (Lipinski definition) is 5. The van der Waals surface area contributed by atoms with E-state index in [1.807, 2.05) is 62.1 Å². The van der Waals surface area contributed by atoms with E-state index in [0.29, 0.717) is 31.0 Å². The quantitative estimate of drug-likeness (QED) is 0.650. The average molecular weight is 486 g/mol. The van der Waals surface area contributed by atoms with Crippen molar-refractivity contribution in [1.82, 2.24) is 9.21 Å². The molecule has 2 aliphatic rings. The molecule has 2 fully saturated rings. The lowest BCUT2D eigenvalue weighted by Gasteiger charge is -2.39. The number of rotatable bonds is 5. The molecule has 0 N–H and O–H groups in total. The van der Waals surface area contributed by atoms with Gasteiger partial charge in [0.1, 0.15) is 5.75 Å². The maximum absolute atomic E-state index is 13.5. The third-order valence-corrected chi connectivity index (χ3v) is 9.12. The Kier molecular flexibility index (Phi) is 7.19. The van der Waals surface area contributed by atoms with Crippen molar-refractivity contribution < 1.29 is 17.9 Å². The van der Waals surface area contributed by atoms with Gasteiger partial charge in [-0.2, -0.15) is 4.31 Å². The highest BCUT2D eigenvalue weighted by molar-refractivity contribution is 7.89. The SMILES string of the molecule is COc1ccccc1N1CCN(C(=O)[C@@H]2CCCN(S(=O)(=O)c3c(C)cc(C)cc3C)C2)CC1. The van der Waals surface area contributed by atoms with Crippen molar-refractivity contribution in [2.24, 2.45) is 5.92 Å². The number of nitrogens with zero attached hydrogens (tertiary/aromatic N) is 3. The number of carbonyl (C=O) groups excluding carboxylic acids is 1. The summed E-state index contributed by atoms with van der Waals surface area (Å²) >= 11 is 0. The molecule has 2 heterocycles. The first kappa shape index (κ1) is 24.5. The first-order chi connectivity index (χ1) is 16.2. The van der Waals surface area contributed by atoms with Crippen LogP contribution in [-0.2, 0) is 14.8 Å². The molecule has 34 heavy (non-hydrogen) atoms. The second kappa shape index (κ2) is 9.96. The summed E-state index contributed by atoms with van der Waals surface area (Å²) in [5.74, 6) is 0.599. The molecule has 2 aromatic rings. The number of piperazine rings is 1. The smallest absolute Gasteiger partial charge is 0.243 e. The summed E-state index contributed by atoms with van der Waals surface area (Å²) in [5, 5.41) is 0. The predicted molar refractivity (Wildman–Crippen MR) is 134 cm³/mol. The normalized spacial score (nSPS) is 19.8. The van der Waals surface area contributed by atoms with E-state index in [-0.39, 0.29) is 18.4 Å². The largest absolute Gasteiger partial charge is 0.495 e. The number of sulfonamides is 1. The zero-order chi connectivity index (χ0) is 24.5. The Morgan fingerprint density at radius 1 is 0.971 bits per heavy atom. The van der Waals surface area contributed by atoms with Gasteiger partial charge in [-0.3, -0.25) is 4.79 Å². The van der Waals surface area contributed by atoms with Crippen molar-refractivity contribution in [3.05, 3.63) is 53.1 Å². The van der Waals surface area contributed by atoms with Crippen LogP contribution in [0.3, 0.4) is 0 Å². The lowest BCUT2D eigenvalue weighted by atomic mass is 9.97. The van der Waals surface area contributed by atoms with Crippen LogP contribution in [0, 0.1) is 26.7 Å². The van der Waals surface area contributed by atoms with Crippen molar-refractivity contribution in [1.29, 1.82) is 0 Å². The number of methoxy groups -OCH3 is 1. The maximum Gasteiger partial charge on any atom is 0.243 e. The lowest BCUT2D eigenvalue weighted by molar-refractivity contribution is -0.137. The van der Waals surface area contributed by atoms with E-state index in [0.717, 1.165) is 47.6 Å². The summed E-state index contributed by atoms with van der Waals surface area (Å²) in [6.07, 6.45) is 1.42. The molecule has 1 atom stereocenters. The summed E-state index contributed by atoms with van der Waals surface area (Å²) in [7, 11) is -1.98. The van der Waals surface area contributed by atoms with Crippen LogP contribution in [0.5, 0.6) is 5.75 Å². The monoisotopic (exact) mass is 485 g/mol. The number of carbonyl (C=O) groups is 1. The van der Waals surface area contributed by atoms with Gasteiger partial charge in [-0.25, -0.2) is 8.42 Å². The third-order valence-electron chi connectivity index (χ3n) is 6.95. The van der Waals surface area contributed by atoms with Crippen LogP contribution in [0.4, 0.5) is 5.69 Å². The number of hydrogen-bond donors (Lipinski definition) is 0. The van der Waals surface area contributed by atoms with E-state index >= 15 is 0 Å². The van der Waals surface area contributed by atoms with Gasteiger partial charge < -0.3 is 14.5 Å². The highest BCUT2D eigenvalue weighted by Gasteiger charge is 2.37. The minimum Gasteiger partial charge on any atom is -0.495 e. The fourth-order valence-corrected chi connectivity index (χ4v) is 7.32. The number of amides is 1. The first-order valence-electron chi connectivity index (χ1n) is 12.0. The molecule has 0 saturated carbocycles. The van der Waals surface area contributed by atoms with Crippen LogP contribution < -0.4 is 9.64 Å². The summed E-state index contributed by atoms with van der Waals surface area (Å²) in [4.78, 5) is 17.9. The van der Waals surface area contributed by atoms with E-state index in [1.165, 1.54) is 4.31 Å². The molecule has 184 valence electrons. The van der Waals surface area contributed by atoms with Gasteiger partial charge in [0.05, 0.1) is 23.6 Å². The van der Waals surface area contributed by atoms with E-state index in [1.54, 1.807) is 7.11 Å². The van der Waals surface area contributed by atoms with Crippen LogP contribution >= 0.6 is 0 Å². The Bertz CT molecular complexity index is 1130. The van der Waals surface area contributed by atoms with Crippen LogP contribution in [0.2, 0.25) is 0 Å². The summed E-state index contributed by atoms with van der Waals surface area (Å²) in [6.45, 7) is 9.07. The molecule has 7 nitrogen and oxygen atoms in total.